The van der Waals surface area contributed by atoms with E-state index in [-0.39, 0.29) is 11.9 Å². The highest BCUT2D eigenvalue weighted by molar-refractivity contribution is 6.31. The second-order valence-corrected chi connectivity index (χ2v) is 8.04. The lowest BCUT2D eigenvalue weighted by molar-refractivity contribution is 0.0605. The van der Waals surface area contributed by atoms with E-state index < -0.39 is 6.10 Å². The number of aliphatic hydroxyl groups is 1. The number of hydrogen-bond donors (Lipinski definition) is 2. The minimum Gasteiger partial charge on any atom is -0.485 e. The van der Waals surface area contributed by atoms with Gasteiger partial charge >= 0.3 is 0 Å². The lowest BCUT2D eigenvalue weighted by Crippen LogP contribution is -2.28. The molecule has 2 heterocycles. The predicted molar refractivity (Wildman–Crippen MR) is 111 cm³/mol. The van der Waals surface area contributed by atoms with Crippen LogP contribution in [0.25, 0.3) is 5.57 Å². The largest absolute Gasteiger partial charge is 0.485 e. The highest BCUT2D eigenvalue weighted by atomic mass is 35.5. The highest BCUT2D eigenvalue weighted by Crippen LogP contribution is 2.37. The molecule has 2 aliphatic rings. The number of nitrogens with two attached hydrogens (primary N) is 1. The Morgan fingerprint density at radius 3 is 2.59 bits per heavy atom. The van der Waals surface area contributed by atoms with E-state index in [0.29, 0.717) is 53.2 Å². The van der Waals surface area contributed by atoms with E-state index in [4.69, 9.17) is 22.1 Å². The molecule has 0 radical (unpaired) electrons. The molecule has 8 heteroatoms. The number of nitrogens with zero attached hydrogens (tertiary/aromatic N) is 3. The third-order valence-corrected chi connectivity index (χ3v) is 6.06. The van der Waals surface area contributed by atoms with Gasteiger partial charge in [-0.15, -0.1) is 0 Å². The van der Waals surface area contributed by atoms with Crippen molar-refractivity contribution in [3.8, 4) is 5.75 Å². The second-order valence-electron chi connectivity index (χ2n) is 7.66. The van der Waals surface area contributed by atoms with Crippen molar-refractivity contribution in [2.75, 3.05) is 18.0 Å². The molecule has 6 nitrogen and oxygen atoms in total. The first-order chi connectivity index (χ1) is 13.8. The van der Waals surface area contributed by atoms with Gasteiger partial charge in [0.1, 0.15) is 17.7 Å². The van der Waals surface area contributed by atoms with E-state index in [1.807, 2.05) is 18.7 Å². The third kappa shape index (κ3) is 3.89. The van der Waals surface area contributed by atoms with Crippen molar-refractivity contribution in [2.24, 2.45) is 5.73 Å². The minimum atomic E-state index is -0.531. The summed E-state index contributed by atoms with van der Waals surface area (Å²) in [5, 5.41) is 10.6. The van der Waals surface area contributed by atoms with E-state index in [1.54, 1.807) is 6.07 Å². The normalized spacial score (nSPS) is 21.9. The fourth-order valence-corrected chi connectivity index (χ4v) is 4.01. The lowest BCUT2D eigenvalue weighted by atomic mass is 10.2. The maximum absolute atomic E-state index is 13.9. The minimum absolute atomic E-state index is 0.326. The highest BCUT2D eigenvalue weighted by Gasteiger charge is 2.30. The third-order valence-electron chi connectivity index (χ3n) is 5.51. The number of aromatic nitrogens is 2. The van der Waals surface area contributed by atoms with Gasteiger partial charge in [0, 0.05) is 23.9 Å². The summed E-state index contributed by atoms with van der Waals surface area (Å²) >= 11 is 6.19. The number of hydrogen-bond acceptors (Lipinski definition) is 6. The summed E-state index contributed by atoms with van der Waals surface area (Å²) in [6, 6.07) is 4.44. The van der Waals surface area contributed by atoms with Gasteiger partial charge in [-0.25, -0.2) is 14.4 Å². The van der Waals surface area contributed by atoms with Gasteiger partial charge in [0.25, 0.3) is 0 Å². The molecule has 1 aliphatic carbocycles. The van der Waals surface area contributed by atoms with Crippen molar-refractivity contribution in [3.05, 3.63) is 51.9 Å². The zero-order valence-electron chi connectivity index (χ0n) is 16.5. The summed E-state index contributed by atoms with van der Waals surface area (Å²) in [6.07, 6.45) is 1.49. The van der Waals surface area contributed by atoms with Crippen LogP contribution in [0.15, 0.2) is 23.9 Å². The number of aliphatic hydroxyl groups excluding tert-OH is 1. The Morgan fingerprint density at radius 1 is 1.21 bits per heavy atom. The molecule has 2 aromatic rings. The molecule has 2 unspecified atom stereocenters. The number of rotatable bonds is 4. The van der Waals surface area contributed by atoms with E-state index in [1.165, 1.54) is 12.1 Å². The summed E-state index contributed by atoms with van der Waals surface area (Å²) in [7, 11) is 0. The standard InChI is InChI=1S/C21H24ClFN4O2/c1-11-20(22)12(2)26-21(25-11)14-9-27(10-15(14)24)16-7-6-13(23)8-19(16)29-18-5-3-4-17(18)28/h6-8,17-18,28H,3-5,9-10,24H2,1-2H3. The van der Waals surface area contributed by atoms with Gasteiger partial charge in [0.15, 0.2) is 5.82 Å². The molecule has 1 fully saturated rings. The van der Waals surface area contributed by atoms with Crippen LogP contribution in [0.3, 0.4) is 0 Å². The van der Waals surface area contributed by atoms with Crippen LogP contribution in [0.4, 0.5) is 10.1 Å². The molecular weight excluding hydrogens is 395 g/mol. The Balaban J connectivity index is 1.61. The van der Waals surface area contributed by atoms with Gasteiger partial charge in [-0.3, -0.25) is 0 Å². The summed E-state index contributed by atoms with van der Waals surface area (Å²) in [4.78, 5) is 11.0. The van der Waals surface area contributed by atoms with Crippen molar-refractivity contribution in [1.82, 2.24) is 9.97 Å². The van der Waals surface area contributed by atoms with E-state index >= 15 is 0 Å². The molecule has 1 aliphatic heterocycles. The molecule has 2 atom stereocenters. The first-order valence-corrected chi connectivity index (χ1v) is 10.1. The van der Waals surface area contributed by atoms with Crippen LogP contribution in [-0.2, 0) is 0 Å². The average Bonchev–Trinajstić information content (AvgIpc) is 3.25. The predicted octanol–water partition coefficient (Wildman–Crippen LogP) is 3.37. The number of benzene rings is 1. The molecule has 29 heavy (non-hydrogen) atoms. The van der Waals surface area contributed by atoms with Gasteiger partial charge in [0.2, 0.25) is 0 Å². The zero-order chi connectivity index (χ0) is 20.7. The maximum atomic E-state index is 13.9. The van der Waals surface area contributed by atoms with Crippen molar-refractivity contribution >= 4 is 22.9 Å². The van der Waals surface area contributed by atoms with E-state index in [2.05, 4.69) is 9.97 Å². The first kappa shape index (κ1) is 19.9. The van der Waals surface area contributed by atoms with E-state index in [9.17, 15) is 9.50 Å². The molecule has 3 N–H and O–H groups in total. The monoisotopic (exact) mass is 418 g/mol. The Bertz CT molecular complexity index is 958. The molecular formula is C21H24ClFN4O2. The van der Waals surface area contributed by atoms with Crippen LogP contribution >= 0.6 is 11.6 Å². The molecule has 1 saturated carbocycles. The number of halogens is 2. The Kier molecular flexibility index (Phi) is 5.36. The second kappa shape index (κ2) is 7.80. The Morgan fingerprint density at radius 2 is 1.93 bits per heavy atom. The number of anilines is 1. The zero-order valence-corrected chi connectivity index (χ0v) is 17.2. The molecule has 0 amide bonds. The maximum Gasteiger partial charge on any atom is 0.159 e. The smallest absolute Gasteiger partial charge is 0.159 e. The van der Waals surface area contributed by atoms with Gasteiger partial charge < -0.3 is 20.5 Å². The van der Waals surface area contributed by atoms with Gasteiger partial charge in [-0.05, 0) is 45.2 Å². The number of ether oxygens (including phenoxy) is 1. The van der Waals surface area contributed by atoms with Crippen molar-refractivity contribution < 1.29 is 14.2 Å². The summed E-state index contributed by atoms with van der Waals surface area (Å²) in [5.41, 5.74) is 9.92. The van der Waals surface area contributed by atoms with Crippen LogP contribution in [-0.4, -0.2) is 40.4 Å². The first-order valence-electron chi connectivity index (χ1n) is 9.71. The van der Waals surface area contributed by atoms with Gasteiger partial charge in [-0.2, -0.15) is 0 Å². The van der Waals surface area contributed by atoms with Crippen molar-refractivity contribution in [2.45, 2.75) is 45.3 Å². The number of aryl methyl sites for hydroxylation is 2. The molecule has 0 bridgehead atoms. The Labute approximate surface area is 174 Å². The summed E-state index contributed by atoms with van der Waals surface area (Å²) < 4.78 is 19.9. The molecule has 0 spiro atoms. The van der Waals surface area contributed by atoms with Crippen molar-refractivity contribution in [3.63, 3.8) is 0 Å². The molecule has 1 aromatic carbocycles. The van der Waals surface area contributed by atoms with Crippen LogP contribution in [0.1, 0.15) is 36.5 Å². The van der Waals surface area contributed by atoms with E-state index in [0.717, 1.165) is 24.1 Å². The molecule has 4 rings (SSSR count). The van der Waals surface area contributed by atoms with Crippen LogP contribution in [0.5, 0.6) is 5.75 Å². The summed E-state index contributed by atoms with van der Waals surface area (Å²) in [5.74, 6) is 0.582. The molecule has 0 saturated heterocycles. The molecule has 1 aromatic heterocycles. The SMILES string of the molecule is Cc1nc(C2=C(N)CN(c3ccc(F)cc3OC3CCCC3O)C2)nc(C)c1Cl. The van der Waals surface area contributed by atoms with Crippen LogP contribution in [0, 0.1) is 19.7 Å². The molecule has 154 valence electrons. The van der Waals surface area contributed by atoms with Gasteiger partial charge in [0.05, 0.1) is 34.7 Å². The Hall–Kier alpha value is -2.38. The quantitative estimate of drug-likeness (QED) is 0.791. The summed E-state index contributed by atoms with van der Waals surface area (Å²) in [6.45, 7) is 4.60. The van der Waals surface area contributed by atoms with Gasteiger partial charge in [-0.1, -0.05) is 11.6 Å². The topological polar surface area (TPSA) is 84.5 Å². The van der Waals surface area contributed by atoms with Crippen LogP contribution < -0.4 is 15.4 Å². The fourth-order valence-electron chi connectivity index (χ4n) is 3.92. The average molecular weight is 419 g/mol. The van der Waals surface area contributed by atoms with Crippen molar-refractivity contribution in [1.29, 1.82) is 0 Å². The fraction of sp³-hybridized carbons (Fsp3) is 0.429. The lowest BCUT2D eigenvalue weighted by Gasteiger charge is -2.25. The van der Waals surface area contributed by atoms with Crippen LogP contribution in [0.2, 0.25) is 5.02 Å².